The Morgan fingerprint density at radius 2 is 1.83 bits per heavy atom. The number of hydrogen-bond donors (Lipinski definition) is 0. The fraction of sp³-hybridized carbons (Fsp3) is 0.176. The fourth-order valence-corrected chi connectivity index (χ4v) is 3.12. The van der Waals surface area contributed by atoms with Gasteiger partial charge in [-0.05, 0) is 29.7 Å². The Balaban J connectivity index is 1.89. The Bertz CT molecular complexity index is 1010. The lowest BCUT2D eigenvalue weighted by atomic mass is 10.00. The minimum atomic E-state index is -0.653. The maximum absolute atomic E-state index is 12.5. The highest BCUT2D eigenvalue weighted by atomic mass is 16.6. The van der Waals surface area contributed by atoms with E-state index in [1.807, 2.05) is 23.1 Å². The number of anilines is 1. The molecule has 0 unspecified atom stereocenters. The largest absolute Gasteiger partial charge is 0.376 e. The van der Waals surface area contributed by atoms with Crippen molar-refractivity contribution >= 4 is 17.2 Å². The molecule has 0 amide bonds. The molecule has 4 rings (SSSR count). The summed E-state index contributed by atoms with van der Waals surface area (Å²) in [7, 11) is 0. The molecule has 1 aliphatic heterocycles. The number of fused-ring (bicyclic) bond motifs is 2. The van der Waals surface area contributed by atoms with E-state index in [-0.39, 0.29) is 5.82 Å². The molecule has 0 atom stereocenters. The second-order valence-electron chi connectivity index (χ2n) is 5.72. The van der Waals surface area contributed by atoms with Crippen molar-refractivity contribution < 1.29 is 4.92 Å². The van der Waals surface area contributed by atoms with Gasteiger partial charge < -0.3 is 4.90 Å². The Kier molecular flexibility index (Phi) is 3.26. The van der Waals surface area contributed by atoms with E-state index in [0.29, 0.717) is 18.7 Å². The maximum atomic E-state index is 12.5. The average Bonchev–Trinajstić information content (AvgIpc) is 2.61. The molecule has 0 bridgehead atoms. The summed E-state index contributed by atoms with van der Waals surface area (Å²) in [5.41, 5.74) is 1.61. The lowest BCUT2D eigenvalue weighted by Crippen LogP contribution is -2.33. The lowest BCUT2D eigenvalue weighted by molar-refractivity contribution is -0.385. The molecule has 1 aliphatic rings. The highest BCUT2D eigenvalue weighted by molar-refractivity contribution is 5.62. The highest BCUT2D eigenvalue weighted by Crippen LogP contribution is 2.28. The van der Waals surface area contributed by atoms with Gasteiger partial charge in [0.05, 0.1) is 4.92 Å². The standard InChI is InChI=1S/C17H14N4O3/c22-17-15(21(23)24)16(18-14-7-3-4-9-20(14)17)19-10-8-12-5-1-2-6-13(12)11-19/h1-7,9H,8,10-11H2. The minimum absolute atomic E-state index is 0.144. The summed E-state index contributed by atoms with van der Waals surface area (Å²) in [5, 5.41) is 11.5. The molecule has 7 heteroatoms. The van der Waals surface area contributed by atoms with Crippen LogP contribution in [0.15, 0.2) is 53.5 Å². The zero-order valence-corrected chi connectivity index (χ0v) is 12.8. The van der Waals surface area contributed by atoms with Gasteiger partial charge in [0.1, 0.15) is 5.65 Å². The number of hydrogen-bond acceptors (Lipinski definition) is 5. The first kappa shape index (κ1) is 14.4. The molecule has 3 aromatic rings. The van der Waals surface area contributed by atoms with Gasteiger partial charge in [0, 0.05) is 19.3 Å². The van der Waals surface area contributed by atoms with Gasteiger partial charge in [-0.2, -0.15) is 0 Å². The van der Waals surface area contributed by atoms with E-state index in [2.05, 4.69) is 11.1 Å². The molecular formula is C17H14N4O3. The zero-order chi connectivity index (χ0) is 16.7. The molecule has 2 aromatic heterocycles. The predicted octanol–water partition coefficient (Wildman–Crippen LogP) is 2.17. The first-order valence-corrected chi connectivity index (χ1v) is 7.62. The number of nitro groups is 1. The molecule has 0 fully saturated rings. The summed E-state index contributed by atoms with van der Waals surface area (Å²) in [5.74, 6) is 0.144. The van der Waals surface area contributed by atoms with Crippen LogP contribution < -0.4 is 10.5 Å². The van der Waals surface area contributed by atoms with E-state index < -0.39 is 16.2 Å². The molecule has 0 N–H and O–H groups in total. The van der Waals surface area contributed by atoms with Crippen LogP contribution >= 0.6 is 0 Å². The second kappa shape index (κ2) is 5.45. The van der Waals surface area contributed by atoms with Crippen molar-refractivity contribution in [1.82, 2.24) is 9.38 Å². The van der Waals surface area contributed by atoms with Gasteiger partial charge in [0.2, 0.25) is 5.82 Å². The Morgan fingerprint density at radius 3 is 2.62 bits per heavy atom. The van der Waals surface area contributed by atoms with Gasteiger partial charge in [-0.25, -0.2) is 4.98 Å². The second-order valence-corrected chi connectivity index (χ2v) is 5.72. The Hall–Kier alpha value is -3.22. The van der Waals surface area contributed by atoms with E-state index in [0.717, 1.165) is 12.0 Å². The van der Waals surface area contributed by atoms with Crippen molar-refractivity contribution in [3.05, 3.63) is 80.3 Å². The van der Waals surface area contributed by atoms with Crippen LogP contribution in [0.2, 0.25) is 0 Å². The molecule has 1 aromatic carbocycles. The molecule has 120 valence electrons. The summed E-state index contributed by atoms with van der Waals surface area (Å²) in [4.78, 5) is 29.6. The van der Waals surface area contributed by atoms with Crippen LogP contribution in [0.1, 0.15) is 11.1 Å². The lowest BCUT2D eigenvalue weighted by Gasteiger charge is -2.29. The molecule has 0 spiro atoms. The SMILES string of the molecule is O=c1c([N+](=O)[O-])c(N2CCc3ccccc3C2)nc2ccccn12. The topological polar surface area (TPSA) is 80.8 Å². The van der Waals surface area contributed by atoms with Gasteiger partial charge >= 0.3 is 11.2 Å². The number of benzene rings is 1. The summed E-state index contributed by atoms with van der Waals surface area (Å²) >= 11 is 0. The molecule has 0 saturated carbocycles. The van der Waals surface area contributed by atoms with Gasteiger partial charge in [-0.15, -0.1) is 0 Å². The number of rotatable bonds is 2. The monoisotopic (exact) mass is 322 g/mol. The third kappa shape index (κ3) is 2.21. The number of pyridine rings is 1. The van der Waals surface area contributed by atoms with E-state index in [1.165, 1.54) is 16.2 Å². The van der Waals surface area contributed by atoms with Gasteiger partial charge in [-0.1, -0.05) is 30.3 Å². The van der Waals surface area contributed by atoms with E-state index in [9.17, 15) is 14.9 Å². The normalized spacial score (nSPS) is 13.8. The first-order valence-electron chi connectivity index (χ1n) is 7.62. The Labute approximate surface area is 137 Å². The van der Waals surface area contributed by atoms with Gasteiger partial charge in [-0.3, -0.25) is 19.3 Å². The predicted molar refractivity (Wildman–Crippen MR) is 89.3 cm³/mol. The van der Waals surface area contributed by atoms with E-state index in [1.54, 1.807) is 18.2 Å². The van der Waals surface area contributed by atoms with Gasteiger partial charge in [0.25, 0.3) is 0 Å². The van der Waals surface area contributed by atoms with Crippen LogP contribution in [0, 0.1) is 10.1 Å². The van der Waals surface area contributed by atoms with Crippen molar-refractivity contribution in [2.24, 2.45) is 0 Å². The molecule has 24 heavy (non-hydrogen) atoms. The van der Waals surface area contributed by atoms with Crippen LogP contribution in [0.25, 0.3) is 5.65 Å². The van der Waals surface area contributed by atoms with Crippen LogP contribution in [-0.2, 0) is 13.0 Å². The smallest absolute Gasteiger partial charge is 0.346 e. The number of nitrogens with zero attached hydrogens (tertiary/aromatic N) is 4. The molecule has 0 aliphatic carbocycles. The minimum Gasteiger partial charge on any atom is -0.346 e. The maximum Gasteiger partial charge on any atom is 0.376 e. The highest BCUT2D eigenvalue weighted by Gasteiger charge is 2.29. The summed E-state index contributed by atoms with van der Waals surface area (Å²) in [6.45, 7) is 1.10. The van der Waals surface area contributed by atoms with E-state index in [4.69, 9.17) is 0 Å². The quantitative estimate of drug-likeness (QED) is 0.533. The third-order valence-electron chi connectivity index (χ3n) is 4.30. The Morgan fingerprint density at radius 1 is 1.08 bits per heavy atom. The summed E-state index contributed by atoms with van der Waals surface area (Å²) in [6, 6.07) is 13.1. The molecule has 0 saturated heterocycles. The van der Waals surface area contributed by atoms with E-state index >= 15 is 0 Å². The molecule has 3 heterocycles. The zero-order valence-electron chi connectivity index (χ0n) is 12.8. The van der Waals surface area contributed by atoms with Crippen LogP contribution in [-0.4, -0.2) is 20.9 Å². The van der Waals surface area contributed by atoms with Crippen molar-refractivity contribution in [1.29, 1.82) is 0 Å². The first-order chi connectivity index (χ1) is 11.6. The van der Waals surface area contributed by atoms with Crippen LogP contribution in [0.3, 0.4) is 0 Å². The summed E-state index contributed by atoms with van der Waals surface area (Å²) < 4.78 is 1.21. The average molecular weight is 322 g/mol. The van der Waals surface area contributed by atoms with Crippen molar-refractivity contribution in [2.45, 2.75) is 13.0 Å². The molecular weight excluding hydrogens is 308 g/mol. The van der Waals surface area contributed by atoms with Crippen LogP contribution in [0.5, 0.6) is 0 Å². The van der Waals surface area contributed by atoms with Crippen molar-refractivity contribution in [3.8, 4) is 0 Å². The van der Waals surface area contributed by atoms with Crippen molar-refractivity contribution in [3.63, 3.8) is 0 Å². The third-order valence-corrected chi connectivity index (χ3v) is 4.30. The van der Waals surface area contributed by atoms with Crippen molar-refractivity contribution in [2.75, 3.05) is 11.4 Å². The van der Waals surface area contributed by atoms with Gasteiger partial charge in [0.15, 0.2) is 0 Å². The van der Waals surface area contributed by atoms with Crippen LogP contribution in [0.4, 0.5) is 11.5 Å². The number of aromatic nitrogens is 2. The molecule has 7 nitrogen and oxygen atoms in total. The summed E-state index contributed by atoms with van der Waals surface area (Å²) in [6.07, 6.45) is 2.26. The fourth-order valence-electron chi connectivity index (χ4n) is 3.12. The molecule has 0 radical (unpaired) electrons.